The average Bonchev–Trinajstić information content (AvgIpc) is 3.10. The highest BCUT2D eigenvalue weighted by Crippen LogP contribution is 2.27. The van der Waals surface area contributed by atoms with Crippen molar-refractivity contribution in [2.75, 3.05) is 0 Å². The molecule has 0 amide bonds. The molecule has 1 heterocycles. The first-order valence-electron chi connectivity index (χ1n) is 7.59. The standard InChI is InChI=1S/C15H10Cl2N6O4S/c16-13-2-1-9(5-14(13)17)7-21-19-15(18-20-21)28-8-10-3-11(22(24)25)6-12(4-10)23(26)27/h1-6H,7-8H2. The van der Waals surface area contributed by atoms with Crippen LogP contribution in [0.3, 0.4) is 0 Å². The van der Waals surface area contributed by atoms with Crippen LogP contribution in [0.5, 0.6) is 0 Å². The molecule has 0 saturated heterocycles. The number of hydrogen-bond donors (Lipinski definition) is 0. The van der Waals surface area contributed by atoms with Gasteiger partial charge in [-0.3, -0.25) is 20.2 Å². The van der Waals surface area contributed by atoms with E-state index in [1.165, 1.54) is 16.9 Å². The van der Waals surface area contributed by atoms with E-state index in [1.54, 1.807) is 18.2 Å². The van der Waals surface area contributed by atoms with Crippen molar-refractivity contribution in [2.45, 2.75) is 17.5 Å². The first-order valence-corrected chi connectivity index (χ1v) is 9.33. The van der Waals surface area contributed by atoms with Crippen LogP contribution >= 0.6 is 35.0 Å². The molecule has 3 aromatic rings. The molecule has 1 aromatic heterocycles. The maximum Gasteiger partial charge on any atom is 0.276 e. The highest BCUT2D eigenvalue weighted by molar-refractivity contribution is 7.98. The summed E-state index contributed by atoms with van der Waals surface area (Å²) in [5.74, 6) is 0.209. The molecule has 0 aliphatic carbocycles. The van der Waals surface area contributed by atoms with Gasteiger partial charge in [0, 0.05) is 17.9 Å². The molecule has 144 valence electrons. The topological polar surface area (TPSA) is 130 Å². The average molecular weight is 441 g/mol. The van der Waals surface area contributed by atoms with Gasteiger partial charge in [-0.05, 0) is 28.5 Å². The number of nitro groups is 2. The maximum atomic E-state index is 10.9. The highest BCUT2D eigenvalue weighted by atomic mass is 35.5. The molecule has 0 atom stereocenters. The number of tetrazole rings is 1. The number of benzene rings is 2. The Morgan fingerprint density at radius 2 is 1.64 bits per heavy atom. The summed E-state index contributed by atoms with van der Waals surface area (Å²) in [5.41, 5.74) is 0.548. The number of nitro benzene ring substituents is 2. The second kappa shape index (κ2) is 8.50. The quantitative estimate of drug-likeness (QED) is 0.304. The van der Waals surface area contributed by atoms with Gasteiger partial charge in [-0.15, -0.1) is 10.2 Å². The normalized spacial score (nSPS) is 10.8. The maximum absolute atomic E-state index is 10.9. The van der Waals surface area contributed by atoms with E-state index in [1.807, 2.05) is 0 Å². The lowest BCUT2D eigenvalue weighted by molar-refractivity contribution is -0.394. The molecule has 0 aliphatic rings. The van der Waals surface area contributed by atoms with Crippen LogP contribution in [-0.4, -0.2) is 30.1 Å². The fourth-order valence-electron chi connectivity index (χ4n) is 2.25. The summed E-state index contributed by atoms with van der Waals surface area (Å²) in [4.78, 5) is 21.9. The molecule has 0 saturated carbocycles. The third-order valence-electron chi connectivity index (χ3n) is 3.49. The Balaban J connectivity index is 1.69. The fourth-order valence-corrected chi connectivity index (χ4v) is 3.28. The molecule has 2 aromatic carbocycles. The smallest absolute Gasteiger partial charge is 0.258 e. The summed E-state index contributed by atoms with van der Waals surface area (Å²) in [6, 6.07) is 8.62. The predicted octanol–water partition coefficient (Wildman–Crippen LogP) is 4.14. The van der Waals surface area contributed by atoms with Crippen molar-refractivity contribution in [2.24, 2.45) is 0 Å². The fraction of sp³-hybridized carbons (Fsp3) is 0.133. The van der Waals surface area contributed by atoms with Gasteiger partial charge >= 0.3 is 0 Å². The highest BCUT2D eigenvalue weighted by Gasteiger charge is 2.17. The van der Waals surface area contributed by atoms with Gasteiger partial charge in [-0.2, -0.15) is 4.80 Å². The summed E-state index contributed by atoms with van der Waals surface area (Å²) in [6.45, 7) is 0.326. The van der Waals surface area contributed by atoms with Gasteiger partial charge in [0.15, 0.2) is 0 Å². The number of nitrogens with zero attached hydrogens (tertiary/aromatic N) is 6. The van der Waals surface area contributed by atoms with Crippen molar-refractivity contribution in [3.63, 3.8) is 0 Å². The van der Waals surface area contributed by atoms with Gasteiger partial charge in [0.2, 0.25) is 5.16 Å². The second-order valence-corrected chi connectivity index (χ2v) is 7.27. The van der Waals surface area contributed by atoms with Crippen LogP contribution in [0.25, 0.3) is 0 Å². The third kappa shape index (κ3) is 4.94. The Morgan fingerprint density at radius 1 is 0.964 bits per heavy atom. The van der Waals surface area contributed by atoms with E-state index in [-0.39, 0.29) is 17.1 Å². The van der Waals surface area contributed by atoms with Gasteiger partial charge in [0.1, 0.15) is 0 Å². The lowest BCUT2D eigenvalue weighted by atomic mass is 10.2. The number of halogens is 2. The molecule has 0 fully saturated rings. The van der Waals surface area contributed by atoms with Crippen LogP contribution in [0, 0.1) is 20.2 Å². The predicted molar refractivity (Wildman–Crippen MR) is 103 cm³/mol. The minimum atomic E-state index is -0.674. The Hall–Kier alpha value is -2.76. The van der Waals surface area contributed by atoms with Gasteiger partial charge in [-0.1, -0.05) is 41.0 Å². The van der Waals surface area contributed by atoms with E-state index < -0.39 is 9.85 Å². The van der Waals surface area contributed by atoms with E-state index in [4.69, 9.17) is 23.2 Å². The zero-order valence-electron chi connectivity index (χ0n) is 13.9. The minimum Gasteiger partial charge on any atom is -0.258 e. The molecule has 0 bridgehead atoms. The van der Waals surface area contributed by atoms with E-state index in [0.717, 1.165) is 23.4 Å². The molecule has 10 nitrogen and oxygen atoms in total. The Morgan fingerprint density at radius 3 is 2.25 bits per heavy atom. The van der Waals surface area contributed by atoms with Crippen LogP contribution < -0.4 is 0 Å². The summed E-state index contributed by atoms with van der Waals surface area (Å²) in [6.07, 6.45) is 0. The third-order valence-corrected chi connectivity index (χ3v) is 5.13. The van der Waals surface area contributed by atoms with E-state index in [9.17, 15) is 20.2 Å². The zero-order valence-corrected chi connectivity index (χ0v) is 16.2. The first-order chi connectivity index (χ1) is 13.3. The SMILES string of the molecule is O=[N+]([O-])c1cc(CSc2nnn(Cc3ccc(Cl)c(Cl)c3)n2)cc([N+](=O)[O-])c1. The van der Waals surface area contributed by atoms with Gasteiger partial charge in [0.25, 0.3) is 11.4 Å². The second-order valence-electron chi connectivity index (χ2n) is 5.51. The molecule has 0 unspecified atom stereocenters. The van der Waals surface area contributed by atoms with Gasteiger partial charge < -0.3 is 0 Å². The largest absolute Gasteiger partial charge is 0.276 e. The summed E-state index contributed by atoms with van der Waals surface area (Å²) in [5, 5.41) is 35.1. The molecular weight excluding hydrogens is 431 g/mol. The van der Waals surface area contributed by atoms with Crippen molar-refractivity contribution < 1.29 is 9.85 Å². The van der Waals surface area contributed by atoms with E-state index >= 15 is 0 Å². The monoisotopic (exact) mass is 440 g/mol. The van der Waals surface area contributed by atoms with Crippen LogP contribution in [0.4, 0.5) is 11.4 Å². The molecule has 3 rings (SSSR count). The number of non-ortho nitro benzene ring substituents is 2. The van der Waals surface area contributed by atoms with Crippen LogP contribution in [0.15, 0.2) is 41.6 Å². The zero-order chi connectivity index (χ0) is 20.3. The summed E-state index contributed by atoms with van der Waals surface area (Å²) < 4.78 is 0. The van der Waals surface area contributed by atoms with Crippen LogP contribution in [0.2, 0.25) is 10.0 Å². The first kappa shape index (κ1) is 20.0. The van der Waals surface area contributed by atoms with Gasteiger partial charge in [-0.25, -0.2) is 0 Å². The van der Waals surface area contributed by atoms with Crippen molar-refractivity contribution in [1.29, 1.82) is 0 Å². The molecule has 28 heavy (non-hydrogen) atoms. The number of thioether (sulfide) groups is 1. The molecule has 0 spiro atoms. The van der Waals surface area contributed by atoms with Crippen LogP contribution in [-0.2, 0) is 12.3 Å². The summed E-state index contributed by atoms with van der Waals surface area (Å²) >= 11 is 13.0. The van der Waals surface area contributed by atoms with Crippen molar-refractivity contribution in [3.05, 3.63) is 77.8 Å². The number of aromatic nitrogens is 4. The van der Waals surface area contributed by atoms with E-state index in [2.05, 4.69) is 15.4 Å². The summed E-state index contributed by atoms with van der Waals surface area (Å²) in [7, 11) is 0. The number of rotatable bonds is 7. The molecule has 0 aliphatic heterocycles. The van der Waals surface area contributed by atoms with Crippen molar-refractivity contribution in [3.8, 4) is 0 Å². The van der Waals surface area contributed by atoms with Gasteiger partial charge in [0.05, 0.1) is 32.5 Å². The Kier molecular flexibility index (Phi) is 6.07. The Labute approximate surface area is 171 Å². The van der Waals surface area contributed by atoms with Crippen LogP contribution in [0.1, 0.15) is 11.1 Å². The lowest BCUT2D eigenvalue weighted by Gasteiger charge is -2.02. The number of hydrogen-bond acceptors (Lipinski definition) is 8. The molecule has 13 heteroatoms. The minimum absolute atomic E-state index is 0.209. The van der Waals surface area contributed by atoms with Crippen molar-refractivity contribution in [1.82, 2.24) is 20.2 Å². The van der Waals surface area contributed by atoms with E-state index in [0.29, 0.717) is 27.3 Å². The molecule has 0 N–H and O–H groups in total. The molecular formula is C15H10Cl2N6O4S. The molecule has 0 radical (unpaired) electrons. The van der Waals surface area contributed by atoms with Crippen molar-refractivity contribution >= 4 is 46.3 Å². The Bertz CT molecular complexity index is 1030. The lowest BCUT2D eigenvalue weighted by Crippen LogP contribution is -2.04.